The van der Waals surface area contributed by atoms with Crippen LogP contribution in [0.4, 0.5) is 5.82 Å². The zero-order chi connectivity index (χ0) is 13.5. The molecular weight excluding hydrogens is 240 g/mol. The first kappa shape index (κ1) is 14.6. The van der Waals surface area contributed by atoms with Crippen LogP contribution in [-0.4, -0.2) is 52.7 Å². The molecular formula is C10H18N4O4. The van der Waals surface area contributed by atoms with Crippen LogP contribution in [0.3, 0.4) is 0 Å². The lowest BCUT2D eigenvalue weighted by molar-refractivity contribution is -0.390. The van der Waals surface area contributed by atoms with Crippen molar-refractivity contribution < 1.29 is 14.8 Å². The van der Waals surface area contributed by atoms with Gasteiger partial charge in [0.25, 0.3) is 0 Å². The topological polar surface area (TPSA) is 102 Å². The van der Waals surface area contributed by atoms with Crippen LogP contribution >= 0.6 is 0 Å². The molecule has 1 atom stereocenters. The maximum absolute atomic E-state index is 10.6. The van der Waals surface area contributed by atoms with Crippen LogP contribution in [0.25, 0.3) is 0 Å². The summed E-state index contributed by atoms with van der Waals surface area (Å²) in [5.41, 5.74) is 0.486. The Labute approximate surface area is 105 Å². The molecule has 1 aromatic rings. The fraction of sp³-hybridized carbons (Fsp3) is 0.700. The zero-order valence-electron chi connectivity index (χ0n) is 10.5. The first-order valence-corrected chi connectivity index (χ1v) is 5.60. The van der Waals surface area contributed by atoms with Crippen molar-refractivity contribution >= 4 is 5.82 Å². The van der Waals surface area contributed by atoms with E-state index in [1.165, 1.54) is 4.68 Å². The van der Waals surface area contributed by atoms with Crippen molar-refractivity contribution in [3.63, 3.8) is 0 Å². The number of methoxy groups -OCH3 is 1. The number of aromatic nitrogens is 2. The molecule has 1 heterocycles. The molecule has 0 amide bonds. The summed E-state index contributed by atoms with van der Waals surface area (Å²) in [5.74, 6) is -0.172. The van der Waals surface area contributed by atoms with Crippen molar-refractivity contribution in [2.75, 3.05) is 26.8 Å². The van der Waals surface area contributed by atoms with Gasteiger partial charge in [0.05, 0.1) is 36.1 Å². The Kier molecular flexibility index (Phi) is 5.69. The van der Waals surface area contributed by atoms with Gasteiger partial charge in [0.2, 0.25) is 0 Å². The fourth-order valence-corrected chi connectivity index (χ4v) is 1.51. The first-order valence-electron chi connectivity index (χ1n) is 5.60. The van der Waals surface area contributed by atoms with Crippen LogP contribution in [0.15, 0.2) is 6.20 Å². The SMILES string of the molecule is COCCNCC(O)Cn1cc(C)c([N+](=O)[O-])n1. The summed E-state index contributed by atoms with van der Waals surface area (Å²) in [6.45, 7) is 3.43. The summed E-state index contributed by atoms with van der Waals surface area (Å²) in [5, 5.41) is 27.1. The second-order valence-electron chi connectivity index (χ2n) is 3.97. The molecule has 0 fully saturated rings. The van der Waals surface area contributed by atoms with E-state index in [0.29, 0.717) is 25.3 Å². The van der Waals surface area contributed by atoms with E-state index in [1.807, 2.05) is 0 Å². The Morgan fingerprint density at radius 3 is 3.00 bits per heavy atom. The van der Waals surface area contributed by atoms with Crippen molar-refractivity contribution in [2.24, 2.45) is 0 Å². The Morgan fingerprint density at radius 2 is 2.44 bits per heavy atom. The molecule has 2 N–H and O–H groups in total. The predicted molar refractivity (Wildman–Crippen MR) is 64.4 cm³/mol. The third-order valence-electron chi connectivity index (χ3n) is 2.35. The van der Waals surface area contributed by atoms with Gasteiger partial charge in [-0.15, -0.1) is 0 Å². The van der Waals surface area contributed by atoms with Crippen LogP contribution in [-0.2, 0) is 11.3 Å². The molecule has 0 aromatic carbocycles. The molecule has 0 aliphatic rings. The van der Waals surface area contributed by atoms with Gasteiger partial charge < -0.3 is 25.3 Å². The van der Waals surface area contributed by atoms with Crippen molar-refractivity contribution in [1.82, 2.24) is 15.1 Å². The van der Waals surface area contributed by atoms with Crippen molar-refractivity contribution in [3.05, 3.63) is 21.9 Å². The highest BCUT2D eigenvalue weighted by atomic mass is 16.6. The molecule has 1 unspecified atom stereocenters. The summed E-state index contributed by atoms with van der Waals surface area (Å²) >= 11 is 0. The average Bonchev–Trinajstić information content (AvgIpc) is 2.66. The van der Waals surface area contributed by atoms with Crippen LogP contribution in [0.1, 0.15) is 5.56 Å². The van der Waals surface area contributed by atoms with E-state index in [0.717, 1.165) is 0 Å². The molecule has 0 aliphatic carbocycles. The summed E-state index contributed by atoms with van der Waals surface area (Å²) in [7, 11) is 1.60. The van der Waals surface area contributed by atoms with Crippen molar-refractivity contribution in [3.8, 4) is 0 Å². The molecule has 8 heteroatoms. The minimum absolute atomic E-state index is 0.172. The largest absolute Gasteiger partial charge is 0.392 e. The number of aryl methyl sites for hydroxylation is 1. The molecule has 0 bridgehead atoms. The third-order valence-corrected chi connectivity index (χ3v) is 2.35. The van der Waals surface area contributed by atoms with E-state index >= 15 is 0 Å². The standard InChI is InChI=1S/C10H18N4O4/c1-8-6-13(12-10(8)14(16)17)7-9(15)5-11-3-4-18-2/h6,9,11,15H,3-5,7H2,1-2H3. The number of nitrogens with one attached hydrogen (secondary N) is 1. The predicted octanol–water partition coefficient (Wildman–Crippen LogP) is -0.303. The summed E-state index contributed by atoms with van der Waals surface area (Å²) in [6.07, 6.45) is 0.900. The Morgan fingerprint density at radius 1 is 1.72 bits per heavy atom. The number of aliphatic hydroxyl groups excluding tert-OH is 1. The van der Waals surface area contributed by atoms with Gasteiger partial charge in [-0.3, -0.25) is 0 Å². The van der Waals surface area contributed by atoms with E-state index in [2.05, 4.69) is 10.4 Å². The second-order valence-corrected chi connectivity index (χ2v) is 3.97. The lowest BCUT2D eigenvalue weighted by Crippen LogP contribution is -2.32. The Hall–Kier alpha value is -1.51. The van der Waals surface area contributed by atoms with Gasteiger partial charge >= 0.3 is 5.82 Å². The molecule has 0 saturated heterocycles. The van der Waals surface area contributed by atoms with Crippen LogP contribution in [0.5, 0.6) is 0 Å². The van der Waals surface area contributed by atoms with Gasteiger partial charge in [-0.05, 0) is 11.8 Å². The highest BCUT2D eigenvalue weighted by Gasteiger charge is 2.18. The maximum atomic E-state index is 10.6. The van der Waals surface area contributed by atoms with Crippen LogP contribution < -0.4 is 5.32 Å². The minimum atomic E-state index is -0.652. The van der Waals surface area contributed by atoms with E-state index in [-0.39, 0.29) is 12.4 Å². The van der Waals surface area contributed by atoms with Gasteiger partial charge in [0, 0.05) is 20.2 Å². The molecule has 0 spiro atoms. The highest BCUT2D eigenvalue weighted by Crippen LogP contribution is 2.13. The molecule has 8 nitrogen and oxygen atoms in total. The monoisotopic (exact) mass is 258 g/mol. The zero-order valence-corrected chi connectivity index (χ0v) is 10.5. The van der Waals surface area contributed by atoms with Gasteiger partial charge in [-0.1, -0.05) is 0 Å². The number of aliphatic hydroxyl groups is 1. The molecule has 0 radical (unpaired) electrons. The van der Waals surface area contributed by atoms with Gasteiger partial charge in [0.15, 0.2) is 0 Å². The number of nitrogens with zero attached hydrogens (tertiary/aromatic N) is 3. The fourth-order valence-electron chi connectivity index (χ4n) is 1.51. The molecule has 0 saturated carbocycles. The molecule has 1 aromatic heterocycles. The quantitative estimate of drug-likeness (QED) is 0.377. The second kappa shape index (κ2) is 7.04. The van der Waals surface area contributed by atoms with Gasteiger partial charge in [0.1, 0.15) is 0 Å². The van der Waals surface area contributed by atoms with Gasteiger partial charge in [-0.2, -0.15) is 4.68 Å². The molecule has 1 rings (SSSR count). The number of hydrogen-bond acceptors (Lipinski definition) is 6. The van der Waals surface area contributed by atoms with E-state index in [1.54, 1.807) is 20.2 Å². The number of ether oxygens (including phenoxy) is 1. The maximum Gasteiger partial charge on any atom is 0.392 e. The minimum Gasteiger partial charge on any atom is -0.390 e. The Bertz CT molecular complexity index is 393. The summed E-state index contributed by atoms with van der Waals surface area (Å²) < 4.78 is 6.24. The highest BCUT2D eigenvalue weighted by molar-refractivity contribution is 5.27. The lowest BCUT2D eigenvalue weighted by Gasteiger charge is -2.09. The first-order chi connectivity index (χ1) is 8.54. The molecule has 0 aliphatic heterocycles. The van der Waals surface area contributed by atoms with Gasteiger partial charge in [-0.25, -0.2) is 0 Å². The molecule has 102 valence electrons. The summed E-state index contributed by atoms with van der Waals surface area (Å²) in [4.78, 5) is 10.1. The average molecular weight is 258 g/mol. The number of nitro groups is 1. The van der Waals surface area contributed by atoms with Crippen LogP contribution in [0.2, 0.25) is 0 Å². The number of rotatable bonds is 8. The smallest absolute Gasteiger partial charge is 0.390 e. The van der Waals surface area contributed by atoms with E-state index in [4.69, 9.17) is 4.74 Å². The Balaban J connectivity index is 2.42. The number of hydrogen-bond donors (Lipinski definition) is 2. The van der Waals surface area contributed by atoms with Crippen molar-refractivity contribution in [1.29, 1.82) is 0 Å². The van der Waals surface area contributed by atoms with Crippen molar-refractivity contribution in [2.45, 2.75) is 19.6 Å². The summed E-state index contributed by atoms with van der Waals surface area (Å²) in [6, 6.07) is 0. The third kappa shape index (κ3) is 4.40. The normalized spacial score (nSPS) is 12.6. The molecule has 18 heavy (non-hydrogen) atoms. The lowest BCUT2D eigenvalue weighted by atomic mass is 10.3. The van der Waals surface area contributed by atoms with E-state index < -0.39 is 11.0 Å². The van der Waals surface area contributed by atoms with Crippen LogP contribution in [0, 0.1) is 17.0 Å². The van der Waals surface area contributed by atoms with E-state index in [9.17, 15) is 15.2 Å².